The topological polar surface area (TPSA) is 43.8 Å². The van der Waals surface area contributed by atoms with Crippen LogP contribution in [-0.4, -0.2) is 9.78 Å². The van der Waals surface area contributed by atoms with Crippen molar-refractivity contribution in [2.75, 3.05) is 5.73 Å². The lowest BCUT2D eigenvalue weighted by atomic mass is 10.0. The highest BCUT2D eigenvalue weighted by molar-refractivity contribution is 5.52. The Morgan fingerprint density at radius 1 is 1.14 bits per heavy atom. The van der Waals surface area contributed by atoms with Crippen LogP contribution < -0.4 is 5.73 Å². The Kier molecular flexibility index (Phi) is 3.02. The summed E-state index contributed by atoms with van der Waals surface area (Å²) in [6.45, 7) is 2.19. The minimum atomic E-state index is 0.676. The van der Waals surface area contributed by atoms with Crippen molar-refractivity contribution in [3.63, 3.8) is 0 Å². The van der Waals surface area contributed by atoms with Gasteiger partial charge in [0.25, 0.3) is 0 Å². The van der Waals surface area contributed by atoms with Crippen molar-refractivity contribution in [2.24, 2.45) is 11.8 Å². The largest absolute Gasteiger partial charge is 0.383 e. The monoisotopic (exact) mass is 281 g/mol. The molecule has 0 spiro atoms. The highest BCUT2D eigenvalue weighted by Gasteiger charge is 2.53. The van der Waals surface area contributed by atoms with Gasteiger partial charge in [-0.2, -0.15) is 5.10 Å². The Labute approximate surface area is 126 Å². The molecule has 3 nitrogen and oxygen atoms in total. The Bertz CT molecular complexity index is 632. The average Bonchev–Trinajstić information content (AvgIpc) is 3.17. The Balaban J connectivity index is 1.75. The third-order valence-electron chi connectivity index (χ3n) is 5.38. The molecule has 0 aliphatic heterocycles. The van der Waals surface area contributed by atoms with Gasteiger partial charge < -0.3 is 5.73 Å². The van der Waals surface area contributed by atoms with Crippen LogP contribution in [0.4, 0.5) is 5.82 Å². The van der Waals surface area contributed by atoms with Crippen LogP contribution in [0.3, 0.4) is 0 Å². The number of hydrogen-bond donors (Lipinski definition) is 1. The zero-order valence-electron chi connectivity index (χ0n) is 12.6. The van der Waals surface area contributed by atoms with Gasteiger partial charge >= 0.3 is 0 Å². The molecule has 1 aromatic heterocycles. The SMILES string of the molecule is CCc1c(C2C3CCCCC32)nn(-c2ccccc2)c1N. The molecule has 2 aromatic rings. The van der Waals surface area contributed by atoms with Crippen LogP contribution in [0.25, 0.3) is 5.69 Å². The maximum Gasteiger partial charge on any atom is 0.130 e. The number of fused-ring (bicyclic) bond motifs is 1. The summed E-state index contributed by atoms with van der Waals surface area (Å²) in [5.74, 6) is 3.27. The number of aromatic nitrogens is 2. The molecular weight excluding hydrogens is 258 g/mol. The molecule has 0 bridgehead atoms. The molecule has 1 aromatic carbocycles. The molecule has 1 heterocycles. The molecule has 2 aliphatic carbocycles. The second kappa shape index (κ2) is 4.90. The first-order valence-electron chi connectivity index (χ1n) is 8.24. The Hall–Kier alpha value is -1.77. The standard InChI is InChI=1S/C18H23N3/c1-2-13-17(16-14-10-6-7-11-15(14)16)20-21(18(13)19)12-8-4-3-5-9-12/h3-5,8-9,14-16H,2,6-7,10-11,19H2,1H3. The molecule has 0 amide bonds. The van der Waals surface area contributed by atoms with Crippen molar-refractivity contribution in [3.8, 4) is 5.69 Å². The number of hydrogen-bond acceptors (Lipinski definition) is 2. The van der Waals surface area contributed by atoms with Gasteiger partial charge in [0, 0.05) is 11.5 Å². The number of nitrogens with two attached hydrogens (primary N) is 1. The van der Waals surface area contributed by atoms with Crippen molar-refractivity contribution < 1.29 is 0 Å². The quantitative estimate of drug-likeness (QED) is 0.926. The fourth-order valence-electron chi connectivity index (χ4n) is 4.28. The van der Waals surface area contributed by atoms with E-state index in [-0.39, 0.29) is 0 Å². The maximum atomic E-state index is 6.40. The normalized spacial score (nSPS) is 27.4. The second-order valence-corrected chi connectivity index (χ2v) is 6.49. The molecule has 2 saturated carbocycles. The lowest BCUT2D eigenvalue weighted by Crippen LogP contribution is -2.02. The molecule has 2 atom stereocenters. The zero-order valence-corrected chi connectivity index (χ0v) is 12.6. The summed E-state index contributed by atoms with van der Waals surface area (Å²) in [4.78, 5) is 0. The van der Waals surface area contributed by atoms with Crippen LogP contribution in [0.15, 0.2) is 30.3 Å². The van der Waals surface area contributed by atoms with Gasteiger partial charge in [0.05, 0.1) is 11.4 Å². The van der Waals surface area contributed by atoms with E-state index in [0.29, 0.717) is 5.92 Å². The third kappa shape index (κ3) is 1.98. The first kappa shape index (κ1) is 12.9. The summed E-state index contributed by atoms with van der Waals surface area (Å²) in [5.41, 5.74) is 10.0. The number of benzene rings is 1. The fourth-order valence-corrected chi connectivity index (χ4v) is 4.28. The summed E-state index contributed by atoms with van der Waals surface area (Å²) < 4.78 is 1.94. The fraction of sp³-hybridized carbons (Fsp3) is 0.500. The van der Waals surface area contributed by atoms with Crippen LogP contribution in [-0.2, 0) is 6.42 Å². The number of nitrogens with zero attached hydrogens (tertiary/aromatic N) is 2. The van der Waals surface area contributed by atoms with E-state index >= 15 is 0 Å². The Morgan fingerprint density at radius 3 is 2.43 bits per heavy atom. The van der Waals surface area contributed by atoms with Gasteiger partial charge in [-0.25, -0.2) is 4.68 Å². The van der Waals surface area contributed by atoms with Crippen LogP contribution in [0.5, 0.6) is 0 Å². The van der Waals surface area contributed by atoms with Crippen LogP contribution in [0.2, 0.25) is 0 Å². The van der Waals surface area contributed by atoms with E-state index in [0.717, 1.165) is 29.8 Å². The van der Waals surface area contributed by atoms with Gasteiger partial charge in [0.15, 0.2) is 0 Å². The first-order valence-corrected chi connectivity index (χ1v) is 8.24. The van der Waals surface area contributed by atoms with E-state index < -0.39 is 0 Å². The summed E-state index contributed by atoms with van der Waals surface area (Å²) in [6, 6.07) is 10.3. The smallest absolute Gasteiger partial charge is 0.130 e. The van der Waals surface area contributed by atoms with Crippen molar-refractivity contribution in [1.29, 1.82) is 0 Å². The molecule has 110 valence electrons. The highest BCUT2D eigenvalue weighted by Crippen LogP contribution is 2.61. The van der Waals surface area contributed by atoms with Gasteiger partial charge in [-0.15, -0.1) is 0 Å². The van der Waals surface area contributed by atoms with Gasteiger partial charge in [0.1, 0.15) is 5.82 Å². The number of nitrogen functional groups attached to an aromatic ring is 1. The van der Waals surface area contributed by atoms with E-state index in [1.54, 1.807) is 0 Å². The van der Waals surface area contributed by atoms with Crippen LogP contribution in [0.1, 0.15) is 49.8 Å². The zero-order chi connectivity index (χ0) is 14.4. The van der Waals surface area contributed by atoms with Crippen molar-refractivity contribution in [3.05, 3.63) is 41.6 Å². The van der Waals surface area contributed by atoms with Crippen molar-refractivity contribution in [1.82, 2.24) is 9.78 Å². The second-order valence-electron chi connectivity index (χ2n) is 6.49. The number of para-hydroxylation sites is 1. The minimum absolute atomic E-state index is 0.676. The molecule has 2 aliphatic rings. The molecule has 2 fully saturated rings. The van der Waals surface area contributed by atoms with Gasteiger partial charge in [-0.3, -0.25) is 0 Å². The summed E-state index contributed by atoms with van der Waals surface area (Å²) in [6.07, 6.45) is 6.54. The van der Waals surface area contributed by atoms with Crippen LogP contribution >= 0.6 is 0 Å². The molecule has 4 rings (SSSR count). The third-order valence-corrected chi connectivity index (χ3v) is 5.38. The molecule has 0 radical (unpaired) electrons. The van der Waals surface area contributed by atoms with Gasteiger partial charge in [-0.05, 0) is 43.2 Å². The van der Waals surface area contributed by atoms with E-state index in [1.807, 2.05) is 22.9 Å². The first-order chi connectivity index (χ1) is 10.3. The number of anilines is 1. The van der Waals surface area contributed by atoms with Crippen molar-refractivity contribution >= 4 is 5.82 Å². The number of rotatable bonds is 3. The molecule has 2 unspecified atom stereocenters. The Morgan fingerprint density at radius 2 is 1.81 bits per heavy atom. The molecule has 3 heteroatoms. The highest BCUT2D eigenvalue weighted by atomic mass is 15.3. The molecule has 21 heavy (non-hydrogen) atoms. The minimum Gasteiger partial charge on any atom is -0.383 e. The van der Waals surface area contributed by atoms with E-state index in [1.165, 1.54) is 36.9 Å². The van der Waals surface area contributed by atoms with E-state index in [4.69, 9.17) is 10.8 Å². The summed E-state index contributed by atoms with van der Waals surface area (Å²) in [5, 5.41) is 4.93. The predicted molar refractivity (Wildman–Crippen MR) is 85.5 cm³/mol. The van der Waals surface area contributed by atoms with Gasteiger partial charge in [-0.1, -0.05) is 38.0 Å². The van der Waals surface area contributed by atoms with Crippen molar-refractivity contribution in [2.45, 2.75) is 44.9 Å². The van der Waals surface area contributed by atoms with E-state index in [2.05, 4.69) is 19.1 Å². The summed E-state index contributed by atoms with van der Waals surface area (Å²) >= 11 is 0. The van der Waals surface area contributed by atoms with Gasteiger partial charge in [0.2, 0.25) is 0 Å². The van der Waals surface area contributed by atoms with Crippen LogP contribution in [0, 0.1) is 11.8 Å². The predicted octanol–water partition coefficient (Wildman–Crippen LogP) is 3.92. The average molecular weight is 281 g/mol. The molecule has 2 N–H and O–H groups in total. The lowest BCUT2D eigenvalue weighted by molar-refractivity contribution is 0.480. The molecular formula is C18H23N3. The lowest BCUT2D eigenvalue weighted by Gasteiger charge is -2.04. The van der Waals surface area contributed by atoms with E-state index in [9.17, 15) is 0 Å². The molecule has 0 saturated heterocycles. The summed E-state index contributed by atoms with van der Waals surface area (Å²) in [7, 11) is 0. The maximum absolute atomic E-state index is 6.40.